The average Bonchev–Trinajstić information content (AvgIpc) is 2.39. The van der Waals surface area contributed by atoms with E-state index in [4.69, 9.17) is 21.4 Å². The van der Waals surface area contributed by atoms with Gasteiger partial charge in [0.05, 0.1) is 30.5 Å². The zero-order valence-electron chi connectivity index (χ0n) is 11.4. The fourth-order valence-electron chi connectivity index (χ4n) is 1.77. The van der Waals surface area contributed by atoms with Crippen molar-refractivity contribution in [3.63, 3.8) is 0 Å². The van der Waals surface area contributed by atoms with Crippen molar-refractivity contribution in [1.82, 2.24) is 0 Å². The number of Topliss-reactive ketones (excluding diaryl/α,β-unsaturated/α-hetero) is 1. The molecule has 19 heavy (non-hydrogen) atoms. The highest BCUT2D eigenvalue weighted by atomic mass is 35.5. The summed E-state index contributed by atoms with van der Waals surface area (Å²) >= 11 is 6.21. The summed E-state index contributed by atoms with van der Waals surface area (Å²) in [6.45, 7) is 5.93. The smallest absolute Gasteiger partial charge is 0.159 e. The molecule has 0 heterocycles. The van der Waals surface area contributed by atoms with Gasteiger partial charge in [-0.2, -0.15) is 0 Å². The van der Waals surface area contributed by atoms with Crippen LogP contribution in [0, 0.1) is 0 Å². The van der Waals surface area contributed by atoms with Crippen molar-refractivity contribution in [3.8, 4) is 0 Å². The SMILES string of the molecule is CCN(CCOCCO)c1ccc(C(C)=O)cc1Cl. The van der Waals surface area contributed by atoms with Crippen molar-refractivity contribution in [3.05, 3.63) is 28.8 Å². The zero-order chi connectivity index (χ0) is 14.3. The molecule has 0 amide bonds. The number of ether oxygens (including phenoxy) is 1. The van der Waals surface area contributed by atoms with E-state index in [1.807, 2.05) is 13.0 Å². The minimum atomic E-state index is 0.00257. The Bertz CT molecular complexity index is 423. The van der Waals surface area contributed by atoms with Gasteiger partial charge in [0.2, 0.25) is 0 Å². The summed E-state index contributed by atoms with van der Waals surface area (Å²) in [4.78, 5) is 13.3. The molecule has 0 fully saturated rings. The normalized spacial score (nSPS) is 10.5. The molecule has 0 bridgehead atoms. The van der Waals surface area contributed by atoms with E-state index < -0.39 is 0 Å². The van der Waals surface area contributed by atoms with Crippen LogP contribution in [0.2, 0.25) is 5.02 Å². The molecule has 0 unspecified atom stereocenters. The second kappa shape index (κ2) is 8.15. The van der Waals surface area contributed by atoms with Gasteiger partial charge in [-0.15, -0.1) is 0 Å². The van der Waals surface area contributed by atoms with Crippen LogP contribution in [0.3, 0.4) is 0 Å². The van der Waals surface area contributed by atoms with Gasteiger partial charge in [-0.05, 0) is 32.0 Å². The molecule has 0 radical (unpaired) electrons. The van der Waals surface area contributed by atoms with Crippen LogP contribution in [0.15, 0.2) is 18.2 Å². The fourth-order valence-corrected chi connectivity index (χ4v) is 2.07. The molecule has 0 aliphatic carbocycles. The first-order valence-corrected chi connectivity index (χ1v) is 6.72. The Morgan fingerprint density at radius 2 is 2.16 bits per heavy atom. The summed E-state index contributed by atoms with van der Waals surface area (Å²) < 4.78 is 5.25. The molecule has 1 N–H and O–H groups in total. The molecule has 5 heteroatoms. The first-order chi connectivity index (χ1) is 9.10. The number of aliphatic hydroxyl groups is 1. The molecule has 1 aromatic carbocycles. The van der Waals surface area contributed by atoms with Crippen molar-refractivity contribution in [1.29, 1.82) is 0 Å². The Hall–Kier alpha value is -1.10. The van der Waals surface area contributed by atoms with Crippen LogP contribution in [-0.2, 0) is 4.74 Å². The summed E-state index contributed by atoms with van der Waals surface area (Å²) in [5.74, 6) is 0.00257. The molecule has 0 spiro atoms. The Morgan fingerprint density at radius 1 is 1.42 bits per heavy atom. The topological polar surface area (TPSA) is 49.8 Å². The third-order valence-corrected chi connectivity index (χ3v) is 3.12. The van der Waals surface area contributed by atoms with Crippen LogP contribution < -0.4 is 4.90 Å². The van der Waals surface area contributed by atoms with Crippen LogP contribution in [-0.4, -0.2) is 43.8 Å². The molecule has 106 valence electrons. The largest absolute Gasteiger partial charge is 0.394 e. The first-order valence-electron chi connectivity index (χ1n) is 6.34. The van der Waals surface area contributed by atoms with Gasteiger partial charge in [0, 0.05) is 18.7 Å². The maximum atomic E-state index is 11.3. The van der Waals surface area contributed by atoms with E-state index >= 15 is 0 Å². The summed E-state index contributed by atoms with van der Waals surface area (Å²) in [5, 5.41) is 9.21. The molecule has 0 aliphatic rings. The number of hydrogen-bond donors (Lipinski definition) is 1. The van der Waals surface area contributed by atoms with E-state index in [9.17, 15) is 4.79 Å². The van der Waals surface area contributed by atoms with Gasteiger partial charge < -0.3 is 14.7 Å². The summed E-state index contributed by atoms with van der Waals surface area (Å²) in [6.07, 6.45) is 0. The van der Waals surface area contributed by atoms with Crippen LogP contribution in [0.25, 0.3) is 0 Å². The number of halogens is 1. The second-order valence-electron chi connectivity index (χ2n) is 4.14. The van der Waals surface area contributed by atoms with Crippen molar-refractivity contribution < 1.29 is 14.6 Å². The lowest BCUT2D eigenvalue weighted by molar-refractivity contribution is 0.0967. The molecular weight excluding hydrogens is 266 g/mol. The summed E-state index contributed by atoms with van der Waals surface area (Å²) in [6, 6.07) is 5.33. The van der Waals surface area contributed by atoms with Crippen molar-refractivity contribution in [2.24, 2.45) is 0 Å². The predicted octanol–water partition coefficient (Wildman–Crippen LogP) is 2.38. The minimum Gasteiger partial charge on any atom is -0.394 e. The lowest BCUT2D eigenvalue weighted by atomic mass is 10.1. The van der Waals surface area contributed by atoms with Crippen LogP contribution >= 0.6 is 11.6 Å². The maximum absolute atomic E-state index is 11.3. The van der Waals surface area contributed by atoms with E-state index in [0.29, 0.717) is 30.3 Å². The number of carbonyl (C=O) groups excluding carboxylic acids is 1. The molecule has 0 saturated heterocycles. The summed E-state index contributed by atoms with van der Waals surface area (Å²) in [5.41, 5.74) is 1.50. The van der Waals surface area contributed by atoms with Gasteiger partial charge in [-0.1, -0.05) is 11.6 Å². The fraction of sp³-hybridized carbons (Fsp3) is 0.500. The maximum Gasteiger partial charge on any atom is 0.159 e. The van der Waals surface area contributed by atoms with Gasteiger partial charge in [0.15, 0.2) is 5.78 Å². The van der Waals surface area contributed by atoms with Gasteiger partial charge >= 0.3 is 0 Å². The van der Waals surface area contributed by atoms with Crippen molar-refractivity contribution in [2.75, 3.05) is 37.8 Å². The standard InChI is InChI=1S/C14H20ClNO3/c1-3-16(6-8-19-9-7-17)14-5-4-12(11(2)18)10-13(14)15/h4-5,10,17H,3,6-9H2,1-2H3. The summed E-state index contributed by atoms with van der Waals surface area (Å²) in [7, 11) is 0. The number of rotatable bonds is 8. The van der Waals surface area contributed by atoms with E-state index in [2.05, 4.69) is 4.90 Å². The quantitative estimate of drug-likeness (QED) is 0.588. The Labute approximate surface area is 118 Å². The van der Waals surface area contributed by atoms with E-state index in [0.717, 1.165) is 12.2 Å². The Balaban J connectivity index is 2.72. The number of carbonyl (C=O) groups is 1. The van der Waals surface area contributed by atoms with Gasteiger partial charge in [0.25, 0.3) is 0 Å². The number of nitrogens with zero attached hydrogens (tertiary/aromatic N) is 1. The van der Waals surface area contributed by atoms with Crippen LogP contribution in [0.5, 0.6) is 0 Å². The van der Waals surface area contributed by atoms with Gasteiger partial charge in [0.1, 0.15) is 0 Å². The van der Waals surface area contributed by atoms with E-state index in [1.54, 1.807) is 12.1 Å². The molecule has 1 rings (SSSR count). The highest BCUT2D eigenvalue weighted by Gasteiger charge is 2.10. The minimum absolute atomic E-state index is 0.00257. The monoisotopic (exact) mass is 285 g/mol. The molecule has 0 atom stereocenters. The molecule has 4 nitrogen and oxygen atoms in total. The van der Waals surface area contributed by atoms with Crippen LogP contribution in [0.1, 0.15) is 24.2 Å². The number of likely N-dealkylation sites (N-methyl/N-ethyl adjacent to an activating group) is 1. The molecule has 0 aliphatic heterocycles. The van der Waals surface area contributed by atoms with Crippen molar-refractivity contribution in [2.45, 2.75) is 13.8 Å². The lowest BCUT2D eigenvalue weighted by Gasteiger charge is -2.24. The predicted molar refractivity (Wildman–Crippen MR) is 77.2 cm³/mol. The van der Waals surface area contributed by atoms with Gasteiger partial charge in [-0.3, -0.25) is 4.79 Å². The third kappa shape index (κ3) is 4.82. The Morgan fingerprint density at radius 3 is 2.68 bits per heavy atom. The number of benzene rings is 1. The van der Waals surface area contributed by atoms with Gasteiger partial charge in [-0.25, -0.2) is 0 Å². The lowest BCUT2D eigenvalue weighted by Crippen LogP contribution is -2.27. The first kappa shape index (κ1) is 16.0. The molecular formula is C14H20ClNO3. The second-order valence-corrected chi connectivity index (χ2v) is 4.55. The number of ketones is 1. The number of hydrogen-bond acceptors (Lipinski definition) is 4. The van der Waals surface area contributed by atoms with E-state index in [-0.39, 0.29) is 12.4 Å². The Kier molecular flexibility index (Phi) is 6.84. The average molecular weight is 286 g/mol. The zero-order valence-corrected chi connectivity index (χ0v) is 12.1. The number of aliphatic hydroxyl groups excluding tert-OH is 1. The third-order valence-electron chi connectivity index (χ3n) is 2.82. The highest BCUT2D eigenvalue weighted by Crippen LogP contribution is 2.26. The highest BCUT2D eigenvalue weighted by molar-refractivity contribution is 6.33. The van der Waals surface area contributed by atoms with Crippen molar-refractivity contribution >= 4 is 23.1 Å². The van der Waals surface area contributed by atoms with Crippen LogP contribution in [0.4, 0.5) is 5.69 Å². The molecule has 0 aromatic heterocycles. The van der Waals surface area contributed by atoms with E-state index in [1.165, 1.54) is 6.92 Å². The molecule has 0 saturated carbocycles. The molecule has 1 aromatic rings. The number of anilines is 1.